The molecule has 0 saturated heterocycles. The summed E-state index contributed by atoms with van der Waals surface area (Å²) in [6, 6.07) is 13.0. The van der Waals surface area contributed by atoms with Crippen LogP contribution in [-0.4, -0.2) is 32.5 Å². The molecule has 6 heteroatoms. The van der Waals surface area contributed by atoms with Gasteiger partial charge in [-0.1, -0.05) is 30.3 Å². The van der Waals surface area contributed by atoms with Crippen molar-refractivity contribution in [3.05, 3.63) is 59.2 Å². The molecule has 0 aromatic heterocycles. The van der Waals surface area contributed by atoms with Gasteiger partial charge in [0, 0.05) is 0 Å². The van der Waals surface area contributed by atoms with E-state index in [1.165, 1.54) is 12.2 Å². The molecule has 2 aromatic carbocycles. The van der Waals surface area contributed by atoms with E-state index in [4.69, 9.17) is 19.0 Å². The van der Waals surface area contributed by atoms with Gasteiger partial charge < -0.3 is 14.2 Å². The number of carbonyl (C=O) groups is 1. The third-order valence-electron chi connectivity index (χ3n) is 4.00. The zero-order valence-electron chi connectivity index (χ0n) is 13.8. The topological polar surface area (TPSA) is 57.2 Å². The first-order chi connectivity index (χ1) is 11.7. The van der Waals surface area contributed by atoms with E-state index in [-0.39, 0.29) is 6.61 Å². The average Bonchev–Trinajstić information content (AvgIpc) is 2.65. The lowest BCUT2D eigenvalue weighted by atomic mass is 9.93. The Bertz CT molecular complexity index is 732. The van der Waals surface area contributed by atoms with Crippen LogP contribution in [0.5, 0.6) is 11.5 Å². The highest BCUT2D eigenvalue weighted by molar-refractivity contribution is 5.68. The van der Waals surface area contributed by atoms with Gasteiger partial charge in [-0.2, -0.15) is 5.06 Å². The molecule has 2 aromatic rings. The number of ether oxygens (including phenoxy) is 3. The molecule has 0 spiro atoms. The molecule has 0 bridgehead atoms. The molecule has 1 atom stereocenters. The number of amides is 1. The molecule has 0 saturated carbocycles. The van der Waals surface area contributed by atoms with Crippen molar-refractivity contribution in [3.8, 4) is 11.5 Å². The molecule has 1 aliphatic heterocycles. The maximum absolute atomic E-state index is 12.2. The minimum atomic E-state index is -0.552. The van der Waals surface area contributed by atoms with Crippen molar-refractivity contribution in [1.29, 1.82) is 0 Å². The minimum absolute atomic E-state index is 0.244. The summed E-state index contributed by atoms with van der Waals surface area (Å²) in [5, 5.41) is 1.25. The highest BCUT2D eigenvalue weighted by atomic mass is 16.7. The summed E-state index contributed by atoms with van der Waals surface area (Å²) in [5.41, 5.74) is 2.76. The first-order valence-corrected chi connectivity index (χ1v) is 7.49. The van der Waals surface area contributed by atoms with Gasteiger partial charge in [-0.15, -0.1) is 0 Å². The Labute approximate surface area is 140 Å². The fourth-order valence-electron chi connectivity index (χ4n) is 2.85. The molecule has 126 valence electrons. The maximum Gasteiger partial charge on any atom is 0.434 e. The lowest BCUT2D eigenvalue weighted by Crippen LogP contribution is -2.39. The van der Waals surface area contributed by atoms with Gasteiger partial charge in [0.05, 0.1) is 21.3 Å². The summed E-state index contributed by atoms with van der Waals surface area (Å²) in [4.78, 5) is 17.8. The normalized spacial score (nSPS) is 16.3. The van der Waals surface area contributed by atoms with Crippen molar-refractivity contribution in [1.82, 2.24) is 5.06 Å². The SMILES string of the molecule is COC(=O)N1OCc2cc(OC)c(OC)cc2C1c1ccccc1. The number of hydrogen-bond donors (Lipinski definition) is 0. The van der Waals surface area contributed by atoms with E-state index in [9.17, 15) is 4.79 Å². The standard InChI is InChI=1S/C18H19NO5/c1-21-15-9-13-11-24-19(18(20)23-3)17(12-7-5-4-6-8-12)14(13)10-16(15)22-2/h4-10,17H,11H2,1-3H3. The predicted molar refractivity (Wildman–Crippen MR) is 86.9 cm³/mol. The summed E-state index contributed by atoms with van der Waals surface area (Å²) < 4.78 is 15.6. The average molecular weight is 329 g/mol. The molecule has 0 fully saturated rings. The Hall–Kier alpha value is -2.73. The summed E-state index contributed by atoms with van der Waals surface area (Å²) in [6.45, 7) is 0.244. The summed E-state index contributed by atoms with van der Waals surface area (Å²) in [6.07, 6.45) is -0.552. The molecule has 24 heavy (non-hydrogen) atoms. The Kier molecular flexibility index (Phi) is 4.57. The Morgan fingerprint density at radius 2 is 1.75 bits per heavy atom. The molecular weight excluding hydrogens is 310 g/mol. The maximum atomic E-state index is 12.2. The summed E-state index contributed by atoms with van der Waals surface area (Å²) in [7, 11) is 4.50. The zero-order chi connectivity index (χ0) is 17.1. The van der Waals surface area contributed by atoms with E-state index in [1.54, 1.807) is 14.2 Å². The van der Waals surface area contributed by atoms with Crippen LogP contribution in [-0.2, 0) is 16.2 Å². The van der Waals surface area contributed by atoms with Crippen molar-refractivity contribution in [2.45, 2.75) is 12.6 Å². The van der Waals surface area contributed by atoms with Gasteiger partial charge in [-0.3, -0.25) is 4.84 Å². The van der Waals surface area contributed by atoms with Crippen LogP contribution in [0.2, 0.25) is 0 Å². The highest BCUT2D eigenvalue weighted by Crippen LogP contribution is 2.41. The van der Waals surface area contributed by atoms with Crippen LogP contribution in [0.15, 0.2) is 42.5 Å². The summed E-state index contributed by atoms with van der Waals surface area (Å²) >= 11 is 0. The van der Waals surface area contributed by atoms with E-state index in [2.05, 4.69) is 0 Å². The fourth-order valence-corrected chi connectivity index (χ4v) is 2.85. The van der Waals surface area contributed by atoms with Gasteiger partial charge in [0.15, 0.2) is 11.5 Å². The smallest absolute Gasteiger partial charge is 0.434 e. The second kappa shape index (κ2) is 6.80. The molecule has 0 N–H and O–H groups in total. The molecule has 1 amide bonds. The molecule has 3 rings (SSSR count). The first-order valence-electron chi connectivity index (χ1n) is 7.49. The molecule has 1 unspecified atom stereocenters. The number of nitrogens with zero attached hydrogens (tertiary/aromatic N) is 1. The fraction of sp³-hybridized carbons (Fsp3) is 0.278. The molecular formula is C18H19NO5. The first kappa shape index (κ1) is 16.1. The van der Waals surface area contributed by atoms with Crippen molar-refractivity contribution in [2.24, 2.45) is 0 Å². The van der Waals surface area contributed by atoms with Gasteiger partial charge >= 0.3 is 6.09 Å². The second-order valence-corrected chi connectivity index (χ2v) is 5.29. The van der Waals surface area contributed by atoms with Gasteiger partial charge in [-0.05, 0) is 28.8 Å². The number of hydrogen-bond acceptors (Lipinski definition) is 5. The van der Waals surface area contributed by atoms with Crippen LogP contribution < -0.4 is 9.47 Å². The summed E-state index contributed by atoms with van der Waals surface area (Å²) in [5.74, 6) is 1.22. The van der Waals surface area contributed by atoms with Crippen LogP contribution in [0.3, 0.4) is 0 Å². The third-order valence-corrected chi connectivity index (χ3v) is 4.00. The quantitative estimate of drug-likeness (QED) is 0.865. The van der Waals surface area contributed by atoms with Gasteiger partial charge in [0.25, 0.3) is 0 Å². The molecule has 0 radical (unpaired) electrons. The zero-order valence-corrected chi connectivity index (χ0v) is 13.8. The van der Waals surface area contributed by atoms with Crippen LogP contribution in [0.4, 0.5) is 4.79 Å². The number of fused-ring (bicyclic) bond motifs is 1. The van der Waals surface area contributed by atoms with E-state index < -0.39 is 12.1 Å². The highest BCUT2D eigenvalue weighted by Gasteiger charge is 2.35. The Morgan fingerprint density at radius 1 is 1.08 bits per heavy atom. The van der Waals surface area contributed by atoms with Crippen LogP contribution in [0.1, 0.15) is 22.7 Å². The van der Waals surface area contributed by atoms with Crippen LogP contribution in [0, 0.1) is 0 Å². The molecule has 0 aliphatic carbocycles. The second-order valence-electron chi connectivity index (χ2n) is 5.29. The van der Waals surface area contributed by atoms with E-state index >= 15 is 0 Å². The van der Waals surface area contributed by atoms with Gasteiger partial charge in [0.1, 0.15) is 12.6 Å². The van der Waals surface area contributed by atoms with Gasteiger partial charge in [-0.25, -0.2) is 4.79 Å². The number of methoxy groups -OCH3 is 3. The largest absolute Gasteiger partial charge is 0.493 e. The number of rotatable bonds is 3. The minimum Gasteiger partial charge on any atom is -0.493 e. The monoisotopic (exact) mass is 329 g/mol. The molecule has 1 aliphatic rings. The lowest BCUT2D eigenvalue weighted by Gasteiger charge is -2.35. The van der Waals surface area contributed by atoms with Crippen molar-refractivity contribution >= 4 is 6.09 Å². The van der Waals surface area contributed by atoms with Crippen molar-refractivity contribution < 1.29 is 23.8 Å². The van der Waals surface area contributed by atoms with Crippen molar-refractivity contribution in [2.75, 3.05) is 21.3 Å². The van der Waals surface area contributed by atoms with Crippen molar-refractivity contribution in [3.63, 3.8) is 0 Å². The lowest BCUT2D eigenvalue weighted by molar-refractivity contribution is -0.173. The predicted octanol–water partition coefficient (Wildman–Crippen LogP) is 3.31. The van der Waals surface area contributed by atoms with Crippen LogP contribution >= 0.6 is 0 Å². The van der Waals surface area contributed by atoms with E-state index in [1.807, 2.05) is 42.5 Å². The Balaban J connectivity index is 2.15. The van der Waals surface area contributed by atoms with Gasteiger partial charge in [0.2, 0.25) is 0 Å². The number of hydroxylamine groups is 2. The molecule has 1 heterocycles. The number of carbonyl (C=O) groups excluding carboxylic acids is 1. The van der Waals surface area contributed by atoms with E-state index in [0.717, 1.165) is 16.7 Å². The third kappa shape index (κ3) is 2.76. The van der Waals surface area contributed by atoms with E-state index in [0.29, 0.717) is 11.5 Å². The Morgan fingerprint density at radius 3 is 2.38 bits per heavy atom. The van der Waals surface area contributed by atoms with Crippen LogP contribution in [0.25, 0.3) is 0 Å². The number of benzene rings is 2. The molecule has 6 nitrogen and oxygen atoms in total.